The van der Waals surface area contributed by atoms with Gasteiger partial charge in [0.1, 0.15) is 5.82 Å². The Morgan fingerprint density at radius 1 is 1.50 bits per heavy atom. The Hall–Kier alpha value is -1.62. The molecule has 2 heterocycles. The van der Waals surface area contributed by atoms with Gasteiger partial charge in [0.25, 0.3) is 5.91 Å². The van der Waals surface area contributed by atoms with E-state index in [0.717, 1.165) is 0 Å². The fourth-order valence-electron chi connectivity index (χ4n) is 2.14. The molecule has 1 saturated heterocycles. The number of likely N-dealkylation sites (tertiary alicyclic amines) is 1. The Kier molecular flexibility index (Phi) is 3.52. The number of aromatic nitrogens is 1. The Morgan fingerprint density at radius 2 is 2.17 bits per heavy atom. The van der Waals surface area contributed by atoms with Crippen molar-refractivity contribution in [1.82, 2.24) is 9.88 Å². The highest BCUT2D eigenvalue weighted by Crippen LogP contribution is 2.23. The Bertz CT molecular complexity index is 436. The van der Waals surface area contributed by atoms with Gasteiger partial charge in [-0.2, -0.15) is 0 Å². The van der Waals surface area contributed by atoms with E-state index in [9.17, 15) is 9.90 Å². The lowest BCUT2D eigenvalue weighted by Crippen LogP contribution is -2.45. The molecule has 0 radical (unpaired) electrons. The van der Waals surface area contributed by atoms with E-state index in [1.54, 1.807) is 30.3 Å². The maximum absolute atomic E-state index is 12.4. The molecule has 18 heavy (non-hydrogen) atoms. The number of nitrogens with one attached hydrogen (secondary N) is 1. The molecule has 2 rings (SSSR count). The van der Waals surface area contributed by atoms with Crippen LogP contribution in [0.4, 0.5) is 5.82 Å². The van der Waals surface area contributed by atoms with Crippen molar-refractivity contribution in [2.45, 2.75) is 25.4 Å². The summed E-state index contributed by atoms with van der Waals surface area (Å²) in [6, 6.07) is 3.53. The van der Waals surface area contributed by atoms with Gasteiger partial charge in [0.15, 0.2) is 0 Å². The molecule has 98 valence electrons. The molecule has 2 N–H and O–H groups in total. The molecule has 0 unspecified atom stereocenters. The van der Waals surface area contributed by atoms with Crippen LogP contribution in [-0.2, 0) is 0 Å². The number of nitrogens with zero attached hydrogens (tertiary/aromatic N) is 2. The highest BCUT2D eigenvalue weighted by atomic mass is 16.3. The van der Waals surface area contributed by atoms with Crippen LogP contribution < -0.4 is 5.32 Å². The van der Waals surface area contributed by atoms with Crippen LogP contribution in [-0.4, -0.2) is 46.6 Å². The average Bonchev–Trinajstić information content (AvgIpc) is 2.38. The molecule has 1 aliphatic rings. The number of carbonyl (C=O) groups excluding carboxylic acids is 1. The smallest absolute Gasteiger partial charge is 0.257 e. The lowest BCUT2D eigenvalue weighted by Gasteiger charge is -2.35. The number of hydrogen-bond donors (Lipinski definition) is 2. The van der Waals surface area contributed by atoms with Crippen LogP contribution in [0.5, 0.6) is 0 Å². The number of carbonyl (C=O) groups is 1. The van der Waals surface area contributed by atoms with Crippen LogP contribution in [0.25, 0.3) is 0 Å². The maximum atomic E-state index is 12.4. The predicted molar refractivity (Wildman–Crippen MR) is 69.5 cm³/mol. The number of piperidine rings is 1. The zero-order valence-corrected chi connectivity index (χ0v) is 10.8. The fraction of sp³-hybridized carbons (Fsp3) is 0.538. The van der Waals surface area contributed by atoms with E-state index >= 15 is 0 Å². The number of amides is 1. The number of hydrogen-bond acceptors (Lipinski definition) is 4. The van der Waals surface area contributed by atoms with Gasteiger partial charge in [-0.1, -0.05) is 0 Å². The lowest BCUT2D eigenvalue weighted by atomic mass is 9.93. The molecule has 1 aromatic rings. The van der Waals surface area contributed by atoms with Crippen LogP contribution in [0.2, 0.25) is 0 Å². The molecular weight excluding hydrogens is 230 g/mol. The van der Waals surface area contributed by atoms with Crippen molar-refractivity contribution in [3.8, 4) is 0 Å². The SMILES string of the molecule is CNc1ncccc1C(=O)N1CCC(C)(O)CC1. The molecule has 5 heteroatoms. The summed E-state index contributed by atoms with van der Waals surface area (Å²) in [5, 5.41) is 12.8. The first kappa shape index (κ1) is 12.8. The van der Waals surface area contributed by atoms with Crippen LogP contribution in [0.1, 0.15) is 30.1 Å². The van der Waals surface area contributed by atoms with Gasteiger partial charge >= 0.3 is 0 Å². The Balaban J connectivity index is 2.13. The van der Waals surface area contributed by atoms with Crippen molar-refractivity contribution in [2.24, 2.45) is 0 Å². The molecule has 0 aliphatic carbocycles. The lowest BCUT2D eigenvalue weighted by molar-refractivity contribution is -0.00200. The summed E-state index contributed by atoms with van der Waals surface area (Å²) in [7, 11) is 1.75. The van der Waals surface area contributed by atoms with E-state index in [2.05, 4.69) is 10.3 Å². The molecule has 0 spiro atoms. The van der Waals surface area contributed by atoms with Crippen molar-refractivity contribution in [1.29, 1.82) is 0 Å². The Labute approximate surface area is 107 Å². The molecule has 5 nitrogen and oxygen atoms in total. The minimum atomic E-state index is -0.641. The van der Waals surface area contributed by atoms with Crippen molar-refractivity contribution in [2.75, 3.05) is 25.5 Å². The number of rotatable bonds is 2. The largest absolute Gasteiger partial charge is 0.390 e. The molecular formula is C13H19N3O2. The minimum Gasteiger partial charge on any atom is -0.390 e. The summed E-state index contributed by atoms with van der Waals surface area (Å²) in [6.07, 6.45) is 2.89. The van der Waals surface area contributed by atoms with Crippen LogP contribution in [0, 0.1) is 0 Å². The van der Waals surface area contributed by atoms with Crippen LogP contribution in [0.3, 0.4) is 0 Å². The third-order valence-electron chi connectivity index (χ3n) is 3.40. The number of aliphatic hydroxyl groups is 1. The van der Waals surface area contributed by atoms with Gasteiger partial charge in [0, 0.05) is 26.3 Å². The van der Waals surface area contributed by atoms with Gasteiger partial charge < -0.3 is 15.3 Å². The third kappa shape index (κ3) is 2.61. The molecule has 1 aromatic heterocycles. The van der Waals surface area contributed by atoms with Gasteiger partial charge in [-0.25, -0.2) is 4.98 Å². The summed E-state index contributed by atoms with van der Waals surface area (Å²) < 4.78 is 0. The molecule has 1 fully saturated rings. The number of anilines is 1. The fourth-order valence-corrected chi connectivity index (χ4v) is 2.14. The molecule has 0 bridgehead atoms. The van der Waals surface area contributed by atoms with Gasteiger partial charge in [-0.05, 0) is 31.9 Å². The summed E-state index contributed by atoms with van der Waals surface area (Å²) in [5.74, 6) is 0.572. The standard InChI is InChI=1S/C13H19N3O2/c1-13(18)5-8-16(9-6-13)12(17)10-4-3-7-15-11(10)14-2/h3-4,7,18H,5-6,8-9H2,1-2H3,(H,14,15). The van der Waals surface area contributed by atoms with Crippen molar-refractivity contribution in [3.05, 3.63) is 23.9 Å². The van der Waals surface area contributed by atoms with Gasteiger partial charge in [0.05, 0.1) is 11.2 Å². The maximum Gasteiger partial charge on any atom is 0.257 e. The zero-order valence-electron chi connectivity index (χ0n) is 10.8. The molecule has 0 atom stereocenters. The quantitative estimate of drug-likeness (QED) is 0.824. The molecule has 1 aliphatic heterocycles. The molecule has 1 amide bonds. The van der Waals surface area contributed by atoms with Crippen LogP contribution >= 0.6 is 0 Å². The van der Waals surface area contributed by atoms with Gasteiger partial charge in [-0.3, -0.25) is 4.79 Å². The van der Waals surface area contributed by atoms with E-state index in [4.69, 9.17) is 0 Å². The van der Waals surface area contributed by atoms with Crippen molar-refractivity contribution >= 4 is 11.7 Å². The predicted octanol–water partition coefficient (Wildman–Crippen LogP) is 1.11. The summed E-state index contributed by atoms with van der Waals surface area (Å²) in [6.45, 7) is 2.99. The number of pyridine rings is 1. The van der Waals surface area contributed by atoms with E-state index in [0.29, 0.717) is 37.3 Å². The van der Waals surface area contributed by atoms with E-state index in [1.165, 1.54) is 0 Å². The van der Waals surface area contributed by atoms with Crippen molar-refractivity contribution in [3.63, 3.8) is 0 Å². The van der Waals surface area contributed by atoms with E-state index in [1.807, 2.05) is 6.92 Å². The second kappa shape index (κ2) is 4.94. The van der Waals surface area contributed by atoms with E-state index in [-0.39, 0.29) is 5.91 Å². The first-order chi connectivity index (χ1) is 8.53. The summed E-state index contributed by atoms with van der Waals surface area (Å²) >= 11 is 0. The molecule has 0 aromatic carbocycles. The second-order valence-corrected chi connectivity index (χ2v) is 4.94. The third-order valence-corrected chi connectivity index (χ3v) is 3.40. The monoisotopic (exact) mass is 249 g/mol. The summed E-state index contributed by atoms with van der Waals surface area (Å²) in [5.41, 5.74) is -0.0566. The zero-order chi connectivity index (χ0) is 13.2. The van der Waals surface area contributed by atoms with E-state index < -0.39 is 5.60 Å². The highest BCUT2D eigenvalue weighted by Gasteiger charge is 2.30. The normalized spacial score (nSPS) is 18.5. The first-order valence-corrected chi connectivity index (χ1v) is 6.18. The molecule has 0 saturated carbocycles. The van der Waals surface area contributed by atoms with Crippen molar-refractivity contribution < 1.29 is 9.90 Å². The van der Waals surface area contributed by atoms with Gasteiger partial charge in [-0.15, -0.1) is 0 Å². The van der Waals surface area contributed by atoms with Gasteiger partial charge in [0.2, 0.25) is 0 Å². The Morgan fingerprint density at radius 3 is 2.78 bits per heavy atom. The highest BCUT2D eigenvalue weighted by molar-refractivity contribution is 5.98. The first-order valence-electron chi connectivity index (χ1n) is 6.18. The topological polar surface area (TPSA) is 65.5 Å². The minimum absolute atomic E-state index is 0.0250. The average molecular weight is 249 g/mol. The van der Waals surface area contributed by atoms with Crippen LogP contribution in [0.15, 0.2) is 18.3 Å². The second-order valence-electron chi connectivity index (χ2n) is 4.94. The summed E-state index contributed by atoms with van der Waals surface area (Å²) in [4.78, 5) is 18.3.